The van der Waals surface area contributed by atoms with Crippen LogP contribution in [0, 0.1) is 28.6 Å². The zero-order valence-electron chi connectivity index (χ0n) is 10.8. The lowest BCUT2D eigenvalue weighted by molar-refractivity contribution is 0.0638. The summed E-state index contributed by atoms with van der Waals surface area (Å²) in [4.78, 5) is 25.5. The molecule has 1 atom stereocenters. The Bertz CT molecular complexity index is 662. The molecule has 0 radical (unpaired) electrons. The van der Waals surface area contributed by atoms with E-state index in [1.165, 1.54) is 12.1 Å². The first kappa shape index (κ1) is 15.3. The van der Waals surface area contributed by atoms with Gasteiger partial charge in [-0.3, -0.25) is 14.5 Å². The number of rotatable bonds is 4. The first-order valence-corrected chi connectivity index (χ1v) is 6.87. The van der Waals surface area contributed by atoms with Crippen LogP contribution < -0.4 is 0 Å². The van der Waals surface area contributed by atoms with E-state index in [2.05, 4.69) is 0 Å². The number of fused-ring (bicyclic) bond motifs is 1. The van der Waals surface area contributed by atoms with Gasteiger partial charge in [-0.05, 0) is 18.6 Å². The third kappa shape index (κ3) is 2.85. The van der Waals surface area contributed by atoms with Crippen molar-refractivity contribution in [3.8, 4) is 12.1 Å². The number of carbonyl (C=O) groups is 2. The van der Waals surface area contributed by atoms with Gasteiger partial charge >= 0.3 is 0 Å². The molecule has 0 saturated heterocycles. The highest BCUT2D eigenvalue weighted by atomic mass is 35.5. The standard InChI is InChI=1S/C14H9Cl2N3O2/c15-11-4-9-10(5-12(11)16)14(21)19(13(9)20)7-8(6-18)2-1-3-17/h4-5,8H,1-2,7H2/t8-/m1/s1. The van der Waals surface area contributed by atoms with E-state index in [9.17, 15) is 9.59 Å². The summed E-state index contributed by atoms with van der Waals surface area (Å²) in [6, 6.07) is 6.66. The number of benzene rings is 1. The molecular formula is C14H9Cl2N3O2. The first-order valence-electron chi connectivity index (χ1n) is 6.11. The van der Waals surface area contributed by atoms with Crippen molar-refractivity contribution in [3.63, 3.8) is 0 Å². The summed E-state index contributed by atoms with van der Waals surface area (Å²) in [7, 11) is 0. The van der Waals surface area contributed by atoms with Gasteiger partial charge in [-0.1, -0.05) is 23.2 Å². The molecule has 21 heavy (non-hydrogen) atoms. The Morgan fingerprint density at radius 2 is 1.62 bits per heavy atom. The van der Waals surface area contributed by atoms with Crippen LogP contribution in [0.3, 0.4) is 0 Å². The zero-order valence-corrected chi connectivity index (χ0v) is 12.3. The average molecular weight is 322 g/mol. The fraction of sp³-hybridized carbons (Fsp3) is 0.286. The second-order valence-corrected chi connectivity index (χ2v) is 5.37. The molecule has 2 amide bonds. The molecule has 1 aliphatic rings. The molecule has 7 heteroatoms. The molecule has 5 nitrogen and oxygen atoms in total. The van der Waals surface area contributed by atoms with Crippen molar-refractivity contribution >= 4 is 35.0 Å². The molecule has 0 aliphatic carbocycles. The molecule has 0 N–H and O–H groups in total. The zero-order chi connectivity index (χ0) is 15.6. The molecule has 1 aliphatic heterocycles. The van der Waals surface area contributed by atoms with Crippen molar-refractivity contribution in [2.24, 2.45) is 5.92 Å². The first-order chi connectivity index (χ1) is 9.99. The van der Waals surface area contributed by atoms with Crippen LogP contribution >= 0.6 is 23.2 Å². The van der Waals surface area contributed by atoms with Crippen LogP contribution in [0.15, 0.2) is 12.1 Å². The number of amides is 2. The van der Waals surface area contributed by atoms with Gasteiger partial charge in [-0.15, -0.1) is 0 Å². The number of carbonyl (C=O) groups excluding carboxylic acids is 2. The van der Waals surface area contributed by atoms with E-state index >= 15 is 0 Å². The van der Waals surface area contributed by atoms with Crippen molar-refractivity contribution in [1.82, 2.24) is 4.90 Å². The predicted octanol–water partition coefficient (Wildman–Crippen LogP) is 3.03. The molecule has 0 aromatic heterocycles. The number of nitriles is 2. The van der Waals surface area contributed by atoms with Gasteiger partial charge in [-0.25, -0.2) is 0 Å². The van der Waals surface area contributed by atoms with E-state index in [-0.39, 0.29) is 34.1 Å². The molecule has 1 aromatic rings. The molecule has 0 unspecified atom stereocenters. The van der Waals surface area contributed by atoms with Gasteiger partial charge < -0.3 is 0 Å². The summed E-state index contributed by atoms with van der Waals surface area (Å²) in [5.41, 5.74) is 0.373. The molecule has 106 valence electrons. The van der Waals surface area contributed by atoms with E-state index in [4.69, 9.17) is 33.7 Å². The Morgan fingerprint density at radius 1 is 1.10 bits per heavy atom. The fourth-order valence-corrected chi connectivity index (χ4v) is 2.43. The number of hydrogen-bond donors (Lipinski definition) is 0. The minimum absolute atomic E-state index is 0.0419. The maximum absolute atomic E-state index is 12.2. The molecule has 0 fully saturated rings. The lowest BCUT2D eigenvalue weighted by atomic mass is 10.1. The number of nitrogens with zero attached hydrogens (tertiary/aromatic N) is 3. The van der Waals surface area contributed by atoms with E-state index in [0.29, 0.717) is 6.42 Å². The minimum atomic E-state index is -0.571. The monoisotopic (exact) mass is 321 g/mol. The van der Waals surface area contributed by atoms with Gasteiger partial charge in [0.1, 0.15) is 0 Å². The van der Waals surface area contributed by atoms with Crippen molar-refractivity contribution in [2.45, 2.75) is 12.8 Å². The molecule has 0 bridgehead atoms. The van der Waals surface area contributed by atoms with E-state index in [1.807, 2.05) is 12.1 Å². The maximum atomic E-state index is 12.2. The number of hydrogen-bond acceptors (Lipinski definition) is 4. The molecule has 0 spiro atoms. The Balaban J connectivity index is 2.26. The van der Waals surface area contributed by atoms with Gasteiger partial charge in [0.15, 0.2) is 0 Å². The van der Waals surface area contributed by atoms with Crippen molar-refractivity contribution < 1.29 is 9.59 Å². The summed E-state index contributed by atoms with van der Waals surface area (Å²) in [5.74, 6) is -1.56. The lowest BCUT2D eigenvalue weighted by Crippen LogP contribution is -2.34. The van der Waals surface area contributed by atoms with Crippen molar-refractivity contribution in [3.05, 3.63) is 33.3 Å². The quantitative estimate of drug-likeness (QED) is 0.798. The third-order valence-electron chi connectivity index (χ3n) is 3.20. The van der Waals surface area contributed by atoms with Crippen LogP contribution in [0.5, 0.6) is 0 Å². The lowest BCUT2D eigenvalue weighted by Gasteiger charge is -2.16. The summed E-state index contributed by atoms with van der Waals surface area (Å²) in [6.07, 6.45) is 0.501. The summed E-state index contributed by atoms with van der Waals surface area (Å²) in [6.45, 7) is -0.0419. The molecular weight excluding hydrogens is 313 g/mol. The van der Waals surface area contributed by atoms with Gasteiger partial charge in [-0.2, -0.15) is 10.5 Å². The Morgan fingerprint density at radius 3 is 2.05 bits per heavy atom. The highest BCUT2D eigenvalue weighted by molar-refractivity contribution is 6.43. The van der Waals surface area contributed by atoms with Gasteiger partial charge in [0, 0.05) is 13.0 Å². The normalized spacial score (nSPS) is 14.6. The predicted molar refractivity (Wildman–Crippen MR) is 75.8 cm³/mol. The molecule has 1 aromatic carbocycles. The van der Waals surface area contributed by atoms with Crippen LogP contribution in [0.1, 0.15) is 33.6 Å². The Hall–Kier alpha value is -2.08. The van der Waals surface area contributed by atoms with Gasteiger partial charge in [0.05, 0.1) is 39.2 Å². The minimum Gasteiger partial charge on any atom is -0.273 e. The van der Waals surface area contributed by atoms with E-state index < -0.39 is 17.7 Å². The van der Waals surface area contributed by atoms with Gasteiger partial charge in [0.2, 0.25) is 0 Å². The van der Waals surface area contributed by atoms with Crippen LogP contribution in [-0.4, -0.2) is 23.3 Å². The summed E-state index contributed by atoms with van der Waals surface area (Å²) in [5, 5.41) is 18.0. The smallest absolute Gasteiger partial charge is 0.261 e. The molecule has 2 rings (SSSR count). The molecule has 1 heterocycles. The average Bonchev–Trinajstić information content (AvgIpc) is 2.68. The largest absolute Gasteiger partial charge is 0.273 e. The maximum Gasteiger partial charge on any atom is 0.261 e. The summed E-state index contributed by atoms with van der Waals surface area (Å²) >= 11 is 11.7. The summed E-state index contributed by atoms with van der Waals surface area (Å²) < 4.78 is 0. The second kappa shape index (κ2) is 6.13. The fourth-order valence-electron chi connectivity index (χ4n) is 2.11. The van der Waals surface area contributed by atoms with Crippen LogP contribution in [0.25, 0.3) is 0 Å². The highest BCUT2D eigenvalue weighted by Gasteiger charge is 2.37. The van der Waals surface area contributed by atoms with Crippen LogP contribution in [-0.2, 0) is 0 Å². The van der Waals surface area contributed by atoms with Crippen molar-refractivity contribution in [2.75, 3.05) is 6.54 Å². The third-order valence-corrected chi connectivity index (χ3v) is 3.92. The second-order valence-electron chi connectivity index (χ2n) is 4.56. The van der Waals surface area contributed by atoms with Gasteiger partial charge in [0.25, 0.3) is 11.8 Å². The van der Waals surface area contributed by atoms with Crippen LogP contribution in [0.4, 0.5) is 0 Å². The number of imide groups is 1. The van der Waals surface area contributed by atoms with Crippen LogP contribution in [0.2, 0.25) is 10.0 Å². The Kier molecular flexibility index (Phi) is 4.47. The SMILES string of the molecule is N#CCC[C@H](C#N)CN1C(=O)c2cc(Cl)c(Cl)cc2C1=O. The highest BCUT2D eigenvalue weighted by Crippen LogP contribution is 2.32. The van der Waals surface area contributed by atoms with E-state index in [0.717, 1.165) is 4.90 Å². The molecule has 0 saturated carbocycles. The Labute approximate surface area is 131 Å². The number of halogens is 2. The van der Waals surface area contributed by atoms with Crippen molar-refractivity contribution in [1.29, 1.82) is 10.5 Å². The van der Waals surface area contributed by atoms with E-state index in [1.54, 1.807) is 0 Å². The topological polar surface area (TPSA) is 85.0 Å².